The van der Waals surface area contributed by atoms with Crippen LogP contribution in [-0.2, 0) is 0 Å². The number of nitrogens with one attached hydrogen (secondary N) is 1. The Morgan fingerprint density at radius 1 is 1.50 bits per heavy atom. The molecule has 1 aromatic rings. The molecule has 1 aromatic heterocycles. The molecule has 0 atom stereocenters. The van der Waals surface area contributed by atoms with Gasteiger partial charge >= 0.3 is 0 Å². The Morgan fingerprint density at radius 2 is 2.20 bits per heavy atom. The Balaban J connectivity index is 0.000000810. The van der Waals surface area contributed by atoms with Gasteiger partial charge in [-0.25, -0.2) is 0 Å². The number of nitrogens with zero attached hydrogens (tertiary/aromatic N) is 1. The standard InChI is InChI=1S/C6H9N3.ClH/c1-5-2-3-6(9-7)4-8-5;/h2-4,9H,7H2,1H3;1H. The molecule has 0 fully saturated rings. The number of pyridine rings is 1. The first-order valence-corrected chi connectivity index (χ1v) is 2.72. The number of rotatable bonds is 1. The lowest BCUT2D eigenvalue weighted by Gasteiger charge is -1.96. The van der Waals surface area contributed by atoms with Gasteiger partial charge in [0.1, 0.15) is 0 Å². The number of anilines is 1. The third-order valence-electron chi connectivity index (χ3n) is 1.08. The van der Waals surface area contributed by atoms with Crippen molar-refractivity contribution in [3.8, 4) is 0 Å². The molecular formula is C6H10ClN3. The summed E-state index contributed by atoms with van der Waals surface area (Å²) in [6.07, 6.45) is 1.69. The van der Waals surface area contributed by atoms with Crippen molar-refractivity contribution in [2.24, 2.45) is 5.84 Å². The smallest absolute Gasteiger partial charge is 0.0669 e. The van der Waals surface area contributed by atoms with Crippen molar-refractivity contribution in [2.45, 2.75) is 6.92 Å². The van der Waals surface area contributed by atoms with E-state index in [1.165, 1.54) is 0 Å². The number of nitrogens with two attached hydrogens (primary N) is 1. The summed E-state index contributed by atoms with van der Waals surface area (Å²) in [6.45, 7) is 1.93. The third kappa shape index (κ3) is 2.21. The van der Waals surface area contributed by atoms with Crippen LogP contribution >= 0.6 is 12.4 Å². The predicted molar refractivity (Wildman–Crippen MR) is 44.0 cm³/mol. The van der Waals surface area contributed by atoms with Gasteiger partial charge in [-0.2, -0.15) is 0 Å². The summed E-state index contributed by atoms with van der Waals surface area (Å²) in [5.74, 6) is 5.11. The SMILES string of the molecule is Cc1ccc(NN)cn1.Cl. The van der Waals surface area contributed by atoms with Crippen molar-refractivity contribution in [3.63, 3.8) is 0 Å². The van der Waals surface area contributed by atoms with Gasteiger partial charge in [-0.15, -0.1) is 12.4 Å². The van der Waals surface area contributed by atoms with Crippen LogP contribution in [0.5, 0.6) is 0 Å². The molecule has 56 valence electrons. The zero-order valence-corrected chi connectivity index (χ0v) is 6.48. The zero-order valence-electron chi connectivity index (χ0n) is 5.66. The Bertz CT molecular complexity index is 185. The van der Waals surface area contributed by atoms with Crippen LogP contribution in [0.25, 0.3) is 0 Å². The molecule has 0 aromatic carbocycles. The lowest BCUT2D eigenvalue weighted by molar-refractivity contribution is 1.18. The lowest BCUT2D eigenvalue weighted by Crippen LogP contribution is -2.06. The van der Waals surface area contributed by atoms with Gasteiger partial charge in [-0.05, 0) is 19.1 Å². The Kier molecular flexibility index (Phi) is 3.76. The topological polar surface area (TPSA) is 50.9 Å². The molecule has 4 heteroatoms. The van der Waals surface area contributed by atoms with Gasteiger partial charge in [0.25, 0.3) is 0 Å². The van der Waals surface area contributed by atoms with E-state index >= 15 is 0 Å². The second kappa shape index (κ2) is 4.09. The van der Waals surface area contributed by atoms with E-state index in [4.69, 9.17) is 5.84 Å². The lowest BCUT2D eigenvalue weighted by atomic mass is 10.3. The van der Waals surface area contributed by atoms with Crippen LogP contribution in [0, 0.1) is 6.92 Å². The Morgan fingerprint density at radius 3 is 2.60 bits per heavy atom. The minimum Gasteiger partial charge on any atom is -0.323 e. The second-order valence-electron chi connectivity index (χ2n) is 1.83. The van der Waals surface area contributed by atoms with E-state index in [-0.39, 0.29) is 12.4 Å². The summed E-state index contributed by atoms with van der Waals surface area (Å²) < 4.78 is 0. The molecule has 0 bridgehead atoms. The number of nitrogen functional groups attached to an aromatic ring is 1. The maximum Gasteiger partial charge on any atom is 0.0669 e. The molecule has 0 aliphatic carbocycles. The van der Waals surface area contributed by atoms with Crippen molar-refractivity contribution in [1.82, 2.24) is 4.98 Å². The molecular weight excluding hydrogens is 150 g/mol. The summed E-state index contributed by atoms with van der Waals surface area (Å²) in [7, 11) is 0. The third-order valence-corrected chi connectivity index (χ3v) is 1.08. The first kappa shape index (κ1) is 9.20. The average Bonchev–Trinajstić information content (AvgIpc) is 1.90. The van der Waals surface area contributed by atoms with Gasteiger partial charge in [0, 0.05) is 5.69 Å². The molecule has 1 heterocycles. The summed E-state index contributed by atoms with van der Waals surface area (Å²) in [5, 5.41) is 0. The maximum atomic E-state index is 5.11. The fourth-order valence-corrected chi connectivity index (χ4v) is 0.553. The normalized spacial score (nSPS) is 8.20. The number of aryl methyl sites for hydroxylation is 1. The van der Waals surface area contributed by atoms with Crippen molar-refractivity contribution >= 4 is 18.1 Å². The van der Waals surface area contributed by atoms with Crippen molar-refractivity contribution in [2.75, 3.05) is 5.43 Å². The molecule has 0 saturated heterocycles. The number of hydrazine groups is 1. The van der Waals surface area contributed by atoms with E-state index in [2.05, 4.69) is 10.4 Å². The first-order chi connectivity index (χ1) is 4.33. The number of hydrogen-bond donors (Lipinski definition) is 2. The molecule has 0 aliphatic heterocycles. The molecule has 0 saturated carbocycles. The fraction of sp³-hybridized carbons (Fsp3) is 0.167. The van der Waals surface area contributed by atoms with Crippen molar-refractivity contribution < 1.29 is 0 Å². The highest BCUT2D eigenvalue weighted by atomic mass is 35.5. The van der Waals surface area contributed by atoms with Gasteiger partial charge in [0.2, 0.25) is 0 Å². The van der Waals surface area contributed by atoms with Gasteiger partial charge in [0.15, 0.2) is 0 Å². The van der Waals surface area contributed by atoms with Gasteiger partial charge < -0.3 is 5.43 Å². The second-order valence-corrected chi connectivity index (χ2v) is 1.83. The fourth-order valence-electron chi connectivity index (χ4n) is 0.553. The van der Waals surface area contributed by atoms with Crippen LogP contribution < -0.4 is 11.3 Å². The van der Waals surface area contributed by atoms with E-state index < -0.39 is 0 Å². The largest absolute Gasteiger partial charge is 0.323 e. The van der Waals surface area contributed by atoms with Crippen molar-refractivity contribution in [3.05, 3.63) is 24.0 Å². The van der Waals surface area contributed by atoms with E-state index in [1.807, 2.05) is 19.1 Å². The number of aromatic nitrogens is 1. The van der Waals surface area contributed by atoms with Crippen LogP contribution in [0.4, 0.5) is 5.69 Å². The van der Waals surface area contributed by atoms with E-state index in [9.17, 15) is 0 Å². The van der Waals surface area contributed by atoms with E-state index in [0.29, 0.717) is 0 Å². The quantitative estimate of drug-likeness (QED) is 0.477. The Labute approximate surface area is 66.0 Å². The monoisotopic (exact) mass is 159 g/mol. The van der Waals surface area contributed by atoms with Gasteiger partial charge in [0.05, 0.1) is 11.9 Å². The number of halogens is 1. The predicted octanol–water partition coefficient (Wildman–Crippen LogP) is 1.10. The summed E-state index contributed by atoms with van der Waals surface area (Å²) in [6, 6.07) is 3.78. The van der Waals surface area contributed by atoms with Crippen LogP contribution in [0.15, 0.2) is 18.3 Å². The zero-order chi connectivity index (χ0) is 6.69. The van der Waals surface area contributed by atoms with Crippen LogP contribution in [-0.4, -0.2) is 4.98 Å². The molecule has 0 radical (unpaired) electrons. The molecule has 10 heavy (non-hydrogen) atoms. The summed E-state index contributed by atoms with van der Waals surface area (Å²) in [5.41, 5.74) is 4.32. The minimum atomic E-state index is 0. The van der Waals surface area contributed by atoms with Gasteiger partial charge in [-0.3, -0.25) is 10.8 Å². The average molecular weight is 160 g/mol. The highest BCUT2D eigenvalue weighted by Gasteiger charge is 1.85. The van der Waals surface area contributed by atoms with E-state index in [0.717, 1.165) is 11.4 Å². The van der Waals surface area contributed by atoms with E-state index in [1.54, 1.807) is 6.20 Å². The highest BCUT2D eigenvalue weighted by Crippen LogP contribution is 2.01. The van der Waals surface area contributed by atoms with Gasteiger partial charge in [-0.1, -0.05) is 0 Å². The van der Waals surface area contributed by atoms with Crippen molar-refractivity contribution in [1.29, 1.82) is 0 Å². The van der Waals surface area contributed by atoms with Crippen LogP contribution in [0.3, 0.4) is 0 Å². The molecule has 3 N–H and O–H groups in total. The Hall–Kier alpha value is -0.800. The minimum absolute atomic E-state index is 0. The molecule has 0 unspecified atom stereocenters. The summed E-state index contributed by atoms with van der Waals surface area (Å²) in [4.78, 5) is 4.01. The number of hydrogen-bond acceptors (Lipinski definition) is 3. The van der Waals surface area contributed by atoms with Crippen LogP contribution in [0.1, 0.15) is 5.69 Å². The first-order valence-electron chi connectivity index (χ1n) is 2.72. The molecule has 0 amide bonds. The highest BCUT2D eigenvalue weighted by molar-refractivity contribution is 5.85. The molecule has 1 rings (SSSR count). The maximum absolute atomic E-state index is 5.11. The molecule has 3 nitrogen and oxygen atoms in total. The van der Waals surface area contributed by atoms with Crippen LogP contribution in [0.2, 0.25) is 0 Å². The molecule has 0 aliphatic rings. The summed E-state index contributed by atoms with van der Waals surface area (Å²) >= 11 is 0. The molecule has 0 spiro atoms.